The van der Waals surface area contributed by atoms with E-state index in [-0.39, 0.29) is 12.4 Å². The van der Waals surface area contributed by atoms with E-state index in [0.29, 0.717) is 10.3 Å². The normalized spacial score (nSPS) is 11.9. The highest BCUT2D eigenvalue weighted by Crippen LogP contribution is 2.13. The lowest BCUT2D eigenvalue weighted by atomic mass is 10.5. The molecule has 5 nitrogen and oxygen atoms in total. The van der Waals surface area contributed by atoms with E-state index >= 15 is 0 Å². The van der Waals surface area contributed by atoms with Gasteiger partial charge in [-0.05, 0) is 28.9 Å². The molecule has 0 bridgehead atoms. The monoisotopic (exact) mass is 282 g/mol. The van der Waals surface area contributed by atoms with Crippen LogP contribution in [0.5, 0.6) is 0 Å². The summed E-state index contributed by atoms with van der Waals surface area (Å²) in [4.78, 5) is 0. The molecule has 7 heteroatoms. The number of halogens is 1. The van der Waals surface area contributed by atoms with Gasteiger partial charge in [-0.3, -0.25) is 8.86 Å². The summed E-state index contributed by atoms with van der Waals surface area (Å²) in [6, 6.07) is 1.65. The quantitative estimate of drug-likeness (QED) is 0.775. The first-order valence-electron chi connectivity index (χ1n) is 4.00. The molecule has 0 aromatic carbocycles. The Kier molecular flexibility index (Phi) is 3.68. The summed E-state index contributed by atoms with van der Waals surface area (Å²) < 4.78 is 29.3. The average Bonchev–Trinajstić information content (AvgIpc) is 2.28. The van der Waals surface area contributed by atoms with Crippen LogP contribution >= 0.6 is 15.9 Å². The van der Waals surface area contributed by atoms with Crippen LogP contribution in [-0.4, -0.2) is 24.8 Å². The van der Waals surface area contributed by atoms with Crippen LogP contribution in [0.25, 0.3) is 0 Å². The highest BCUT2D eigenvalue weighted by atomic mass is 79.9. The van der Waals surface area contributed by atoms with Gasteiger partial charge in [0.1, 0.15) is 10.4 Å². The van der Waals surface area contributed by atoms with Crippen LogP contribution in [-0.2, 0) is 27.1 Å². The standard InChI is InChI=1S/C7H11BrN2O3S/c1-3-13-14(11,12)5-6-4-7(8)9-10(6)2/h4H,3,5H2,1-2H3. The van der Waals surface area contributed by atoms with E-state index in [0.717, 1.165) is 0 Å². The van der Waals surface area contributed by atoms with E-state index in [1.54, 1.807) is 20.0 Å². The first-order valence-corrected chi connectivity index (χ1v) is 6.37. The minimum absolute atomic E-state index is 0.154. The predicted octanol–water partition coefficient (Wildman–Crippen LogP) is 1.05. The Bertz CT molecular complexity index is 413. The molecule has 1 rings (SSSR count). The SMILES string of the molecule is CCOS(=O)(=O)Cc1cc(Br)nn1C. The Morgan fingerprint density at radius 2 is 2.29 bits per heavy atom. The van der Waals surface area contributed by atoms with Crippen LogP contribution in [0.1, 0.15) is 12.6 Å². The van der Waals surface area contributed by atoms with Crippen LogP contribution in [0.3, 0.4) is 0 Å². The molecule has 0 spiro atoms. The Morgan fingerprint density at radius 1 is 1.64 bits per heavy atom. The number of hydrogen-bond donors (Lipinski definition) is 0. The largest absolute Gasteiger partial charge is 0.273 e. The molecule has 1 aromatic rings. The summed E-state index contributed by atoms with van der Waals surface area (Å²) in [5, 5.41) is 3.97. The predicted molar refractivity (Wildman–Crippen MR) is 55.2 cm³/mol. The molecule has 0 N–H and O–H groups in total. The zero-order valence-corrected chi connectivity index (χ0v) is 10.3. The molecule has 0 unspecified atom stereocenters. The second-order valence-electron chi connectivity index (χ2n) is 2.69. The van der Waals surface area contributed by atoms with Crippen molar-refractivity contribution in [1.82, 2.24) is 9.78 Å². The Morgan fingerprint density at radius 3 is 2.71 bits per heavy atom. The summed E-state index contributed by atoms with van der Waals surface area (Å²) in [5.74, 6) is -0.157. The summed E-state index contributed by atoms with van der Waals surface area (Å²) in [6.45, 7) is 1.79. The van der Waals surface area contributed by atoms with Crippen molar-refractivity contribution in [2.45, 2.75) is 12.7 Å². The van der Waals surface area contributed by atoms with Crippen molar-refractivity contribution >= 4 is 26.0 Å². The van der Waals surface area contributed by atoms with Crippen LogP contribution in [0, 0.1) is 0 Å². The Labute approximate surface area is 91.3 Å². The Hall–Kier alpha value is -0.400. The maximum Gasteiger partial charge on any atom is 0.273 e. The third-order valence-corrected chi connectivity index (χ3v) is 3.20. The van der Waals surface area contributed by atoms with Crippen LogP contribution in [0.2, 0.25) is 0 Å². The van der Waals surface area contributed by atoms with Crippen LogP contribution < -0.4 is 0 Å². The van der Waals surface area contributed by atoms with Gasteiger partial charge in [-0.25, -0.2) is 0 Å². The molecule has 0 radical (unpaired) electrons. The Balaban J connectivity index is 2.83. The van der Waals surface area contributed by atoms with Crippen molar-refractivity contribution < 1.29 is 12.6 Å². The maximum absolute atomic E-state index is 11.3. The first-order chi connectivity index (χ1) is 6.44. The minimum Gasteiger partial charge on any atom is -0.270 e. The summed E-state index contributed by atoms with van der Waals surface area (Å²) in [7, 11) is -1.79. The van der Waals surface area contributed by atoms with Crippen molar-refractivity contribution in [3.05, 3.63) is 16.4 Å². The lowest BCUT2D eigenvalue weighted by Gasteiger charge is -2.02. The van der Waals surface area contributed by atoms with Crippen LogP contribution in [0.4, 0.5) is 0 Å². The molecule has 0 aliphatic rings. The third kappa shape index (κ3) is 3.07. The molecular weight excluding hydrogens is 272 g/mol. The highest BCUT2D eigenvalue weighted by Gasteiger charge is 2.15. The fourth-order valence-electron chi connectivity index (χ4n) is 1.00. The van der Waals surface area contributed by atoms with Crippen molar-refractivity contribution in [1.29, 1.82) is 0 Å². The van der Waals surface area contributed by atoms with Gasteiger partial charge in [0, 0.05) is 7.05 Å². The summed E-state index contributed by atoms with van der Waals surface area (Å²) >= 11 is 3.16. The second-order valence-corrected chi connectivity index (χ2v) is 5.14. The molecular formula is C7H11BrN2O3S. The van der Waals surface area contributed by atoms with Gasteiger partial charge >= 0.3 is 0 Å². The van der Waals surface area contributed by atoms with E-state index in [1.165, 1.54) is 4.68 Å². The zero-order chi connectivity index (χ0) is 10.8. The molecule has 0 aliphatic carbocycles. The van der Waals surface area contributed by atoms with Gasteiger partial charge in [0.15, 0.2) is 0 Å². The topological polar surface area (TPSA) is 61.2 Å². The van der Waals surface area contributed by atoms with Crippen molar-refractivity contribution in [2.75, 3.05) is 6.61 Å². The molecule has 1 heterocycles. The molecule has 0 saturated heterocycles. The smallest absolute Gasteiger partial charge is 0.270 e. The lowest BCUT2D eigenvalue weighted by molar-refractivity contribution is 0.336. The number of hydrogen-bond acceptors (Lipinski definition) is 4. The van der Waals surface area contributed by atoms with Gasteiger partial charge in [0.05, 0.1) is 12.3 Å². The summed E-state index contributed by atoms with van der Waals surface area (Å²) in [6.07, 6.45) is 0. The van der Waals surface area contributed by atoms with Crippen molar-refractivity contribution in [3.63, 3.8) is 0 Å². The molecule has 0 saturated carbocycles. The van der Waals surface area contributed by atoms with Gasteiger partial charge in [-0.1, -0.05) is 0 Å². The van der Waals surface area contributed by atoms with Gasteiger partial charge in [-0.15, -0.1) is 0 Å². The second kappa shape index (κ2) is 4.41. The average molecular weight is 283 g/mol. The number of nitrogens with zero attached hydrogens (tertiary/aromatic N) is 2. The fraction of sp³-hybridized carbons (Fsp3) is 0.571. The number of rotatable bonds is 4. The minimum atomic E-state index is -3.48. The third-order valence-electron chi connectivity index (χ3n) is 1.57. The fourth-order valence-corrected chi connectivity index (χ4v) is 2.58. The van der Waals surface area contributed by atoms with Crippen molar-refractivity contribution in [3.8, 4) is 0 Å². The molecule has 0 amide bonds. The van der Waals surface area contributed by atoms with E-state index in [2.05, 4.69) is 25.2 Å². The van der Waals surface area contributed by atoms with Crippen LogP contribution in [0.15, 0.2) is 10.7 Å². The summed E-state index contributed by atoms with van der Waals surface area (Å²) in [5.41, 5.74) is 0.588. The molecule has 0 aliphatic heterocycles. The lowest BCUT2D eigenvalue weighted by Crippen LogP contribution is -2.11. The van der Waals surface area contributed by atoms with Gasteiger partial charge in [-0.2, -0.15) is 13.5 Å². The van der Waals surface area contributed by atoms with E-state index in [1.807, 2.05) is 0 Å². The zero-order valence-electron chi connectivity index (χ0n) is 7.90. The number of aromatic nitrogens is 2. The number of aryl methyl sites for hydroxylation is 1. The molecule has 0 atom stereocenters. The van der Waals surface area contributed by atoms with Gasteiger partial charge in [0.2, 0.25) is 0 Å². The van der Waals surface area contributed by atoms with E-state index < -0.39 is 10.1 Å². The highest BCUT2D eigenvalue weighted by molar-refractivity contribution is 9.10. The van der Waals surface area contributed by atoms with Crippen molar-refractivity contribution in [2.24, 2.45) is 7.05 Å². The van der Waals surface area contributed by atoms with Gasteiger partial charge in [0.25, 0.3) is 10.1 Å². The molecule has 0 fully saturated rings. The first kappa shape index (κ1) is 11.7. The van der Waals surface area contributed by atoms with E-state index in [4.69, 9.17) is 0 Å². The molecule has 80 valence electrons. The molecule has 14 heavy (non-hydrogen) atoms. The maximum atomic E-state index is 11.3. The van der Waals surface area contributed by atoms with Gasteiger partial charge < -0.3 is 0 Å². The van der Waals surface area contributed by atoms with E-state index in [9.17, 15) is 8.42 Å². The molecule has 1 aromatic heterocycles.